The van der Waals surface area contributed by atoms with E-state index in [1.54, 1.807) is 12.1 Å². The molecule has 1 aromatic heterocycles. The van der Waals surface area contributed by atoms with Gasteiger partial charge in [0, 0.05) is 53.5 Å². The molecule has 2 heterocycles. The Morgan fingerprint density at radius 2 is 1.57 bits per heavy atom. The minimum Gasteiger partial charge on any atom is -0.368 e. The van der Waals surface area contributed by atoms with Crippen LogP contribution in [0.1, 0.15) is 0 Å². The summed E-state index contributed by atoms with van der Waals surface area (Å²) in [6, 6.07) is 9.69. The average Bonchev–Trinajstić information content (AvgIpc) is 3.09. The molecule has 4 rings (SSSR count). The highest BCUT2D eigenvalue weighted by molar-refractivity contribution is 7.90. The molecule has 1 aliphatic rings. The molecule has 0 amide bonds. The summed E-state index contributed by atoms with van der Waals surface area (Å²) < 4.78 is 27.6. The van der Waals surface area contributed by atoms with E-state index in [4.69, 9.17) is 34.8 Å². The van der Waals surface area contributed by atoms with Crippen molar-refractivity contribution in [3.05, 3.63) is 57.7 Å². The van der Waals surface area contributed by atoms with Crippen molar-refractivity contribution < 1.29 is 8.42 Å². The van der Waals surface area contributed by atoms with Crippen molar-refractivity contribution in [1.82, 2.24) is 9.29 Å². The molecule has 0 bridgehead atoms. The van der Waals surface area contributed by atoms with Crippen molar-refractivity contribution in [2.24, 2.45) is 0 Å². The van der Waals surface area contributed by atoms with Crippen LogP contribution in [-0.2, 0) is 10.0 Å². The Bertz CT molecular complexity index is 1110. The van der Waals surface area contributed by atoms with Crippen LogP contribution in [0.25, 0.3) is 10.9 Å². The van der Waals surface area contributed by atoms with Crippen molar-refractivity contribution in [2.45, 2.75) is 4.90 Å². The molecule has 0 atom stereocenters. The van der Waals surface area contributed by atoms with Crippen LogP contribution in [0.5, 0.6) is 0 Å². The molecule has 150 valence electrons. The Labute approximate surface area is 184 Å². The highest BCUT2D eigenvalue weighted by atomic mass is 35.5. The normalized spacial score (nSPS) is 14.9. The zero-order valence-electron chi connectivity index (χ0n) is 14.5. The van der Waals surface area contributed by atoms with Crippen molar-refractivity contribution in [3.8, 4) is 0 Å². The van der Waals surface area contributed by atoms with E-state index in [-0.39, 0.29) is 27.3 Å². The van der Waals surface area contributed by atoms with Gasteiger partial charge < -0.3 is 10.2 Å². The van der Waals surface area contributed by atoms with Gasteiger partial charge in [0.2, 0.25) is 0 Å². The lowest BCUT2D eigenvalue weighted by Crippen LogP contribution is -2.43. The van der Waals surface area contributed by atoms with Crippen LogP contribution < -0.4 is 10.2 Å². The third kappa shape index (κ3) is 3.82. The van der Waals surface area contributed by atoms with Crippen LogP contribution in [0.15, 0.2) is 47.5 Å². The lowest BCUT2D eigenvalue weighted by Gasteiger charge is -2.30. The Hall–Kier alpha value is -1.15. The topological polar surface area (TPSA) is 54.3 Å². The smallest absolute Gasteiger partial charge is 0.268 e. The van der Waals surface area contributed by atoms with Crippen LogP contribution in [0.2, 0.25) is 15.1 Å². The van der Waals surface area contributed by atoms with E-state index in [0.717, 1.165) is 37.3 Å². The fraction of sp³-hybridized carbons (Fsp3) is 0.222. The number of aromatic nitrogens is 1. The highest BCUT2D eigenvalue weighted by Gasteiger charge is 2.24. The molecule has 0 radical (unpaired) electrons. The van der Waals surface area contributed by atoms with E-state index in [1.165, 1.54) is 28.4 Å². The lowest BCUT2D eigenvalue weighted by atomic mass is 10.2. The van der Waals surface area contributed by atoms with Crippen LogP contribution >= 0.6 is 47.2 Å². The van der Waals surface area contributed by atoms with Crippen molar-refractivity contribution >= 4 is 73.8 Å². The van der Waals surface area contributed by atoms with Crippen molar-refractivity contribution in [3.63, 3.8) is 0 Å². The van der Waals surface area contributed by atoms with Gasteiger partial charge in [0.15, 0.2) is 0 Å². The number of piperazine rings is 1. The molecule has 2 aromatic carbocycles. The molecule has 28 heavy (non-hydrogen) atoms. The first kappa shape index (κ1) is 21.6. The summed E-state index contributed by atoms with van der Waals surface area (Å²) in [7, 11) is -3.90. The molecule has 1 saturated heterocycles. The zero-order valence-corrected chi connectivity index (χ0v) is 18.4. The minimum atomic E-state index is -3.90. The maximum atomic E-state index is 13.2. The molecule has 0 saturated carbocycles. The fourth-order valence-corrected chi connectivity index (χ4v) is 5.75. The van der Waals surface area contributed by atoms with E-state index in [2.05, 4.69) is 10.2 Å². The first-order valence-electron chi connectivity index (χ1n) is 8.35. The molecular formula is C18H17Cl4N3O2S. The SMILES string of the molecule is Cl.O=S(=O)(c1cc(Cl)cc(Cl)c1)n1ccc2c(N3CCNCC3)ccc(Cl)c21. The summed E-state index contributed by atoms with van der Waals surface area (Å²) in [5.41, 5.74) is 1.41. The summed E-state index contributed by atoms with van der Waals surface area (Å²) in [5, 5.41) is 4.98. The Kier molecular flexibility index (Phi) is 6.39. The number of hydrogen-bond donors (Lipinski definition) is 1. The minimum absolute atomic E-state index is 0. The van der Waals surface area contributed by atoms with E-state index >= 15 is 0 Å². The highest BCUT2D eigenvalue weighted by Crippen LogP contribution is 2.35. The quantitative estimate of drug-likeness (QED) is 0.591. The van der Waals surface area contributed by atoms with E-state index in [9.17, 15) is 8.42 Å². The van der Waals surface area contributed by atoms with Gasteiger partial charge >= 0.3 is 0 Å². The molecule has 1 aliphatic heterocycles. The maximum absolute atomic E-state index is 13.2. The predicted molar refractivity (Wildman–Crippen MR) is 118 cm³/mol. The number of halogens is 4. The Balaban J connectivity index is 0.00000225. The van der Waals surface area contributed by atoms with Gasteiger partial charge in [0.1, 0.15) is 0 Å². The Morgan fingerprint density at radius 3 is 2.21 bits per heavy atom. The number of fused-ring (bicyclic) bond motifs is 1. The molecule has 5 nitrogen and oxygen atoms in total. The molecule has 10 heteroatoms. The molecule has 0 spiro atoms. The van der Waals surface area contributed by atoms with Gasteiger partial charge in [0.25, 0.3) is 10.0 Å². The number of anilines is 1. The Morgan fingerprint density at radius 1 is 0.929 bits per heavy atom. The zero-order chi connectivity index (χ0) is 19.2. The van der Waals surface area contributed by atoms with Crippen molar-refractivity contribution in [1.29, 1.82) is 0 Å². The second-order valence-corrected chi connectivity index (χ2v) is 9.38. The van der Waals surface area contributed by atoms with Gasteiger partial charge in [0.05, 0.1) is 15.4 Å². The van der Waals surface area contributed by atoms with Gasteiger partial charge in [-0.1, -0.05) is 34.8 Å². The maximum Gasteiger partial charge on any atom is 0.268 e. The van der Waals surface area contributed by atoms with Gasteiger partial charge in [-0.3, -0.25) is 0 Å². The summed E-state index contributed by atoms with van der Waals surface area (Å²) in [4.78, 5) is 2.24. The number of nitrogens with zero attached hydrogens (tertiary/aromatic N) is 2. The summed E-state index contributed by atoms with van der Waals surface area (Å²) in [6.07, 6.45) is 1.52. The third-order valence-electron chi connectivity index (χ3n) is 4.59. The number of nitrogens with one attached hydrogen (secondary N) is 1. The predicted octanol–water partition coefficient (Wildman–Crippen LogP) is 4.67. The first-order valence-corrected chi connectivity index (χ1v) is 10.9. The van der Waals surface area contributed by atoms with E-state index in [1.807, 2.05) is 6.07 Å². The van der Waals surface area contributed by atoms with E-state index in [0.29, 0.717) is 10.5 Å². The molecule has 0 aliphatic carbocycles. The van der Waals surface area contributed by atoms with Gasteiger partial charge in [-0.25, -0.2) is 12.4 Å². The number of benzene rings is 2. The van der Waals surface area contributed by atoms with Crippen molar-refractivity contribution in [2.75, 3.05) is 31.1 Å². The standard InChI is InChI=1S/C18H16Cl3N3O2S.ClH/c19-12-9-13(20)11-14(10-12)27(25,26)24-6-3-15-17(2-1-16(21)18(15)24)23-7-4-22-5-8-23;/h1-3,6,9-11,22H,4-5,7-8H2;1H. The summed E-state index contributed by atoms with van der Waals surface area (Å²) in [6.45, 7) is 3.45. The average molecular weight is 481 g/mol. The van der Waals surface area contributed by atoms with Crippen LogP contribution in [0, 0.1) is 0 Å². The molecule has 1 N–H and O–H groups in total. The van der Waals surface area contributed by atoms with Crippen LogP contribution in [0.4, 0.5) is 5.69 Å². The molecule has 0 unspecified atom stereocenters. The number of hydrogen-bond acceptors (Lipinski definition) is 4. The summed E-state index contributed by atoms with van der Waals surface area (Å²) >= 11 is 18.4. The first-order chi connectivity index (χ1) is 12.9. The molecular weight excluding hydrogens is 464 g/mol. The largest absolute Gasteiger partial charge is 0.368 e. The van der Waals surface area contributed by atoms with Gasteiger partial charge in [-0.2, -0.15) is 0 Å². The lowest BCUT2D eigenvalue weighted by molar-refractivity contribution is 0.588. The second kappa shape index (κ2) is 8.30. The van der Waals surface area contributed by atoms with E-state index < -0.39 is 10.0 Å². The summed E-state index contributed by atoms with van der Waals surface area (Å²) in [5.74, 6) is 0. The molecule has 3 aromatic rings. The second-order valence-electron chi connectivity index (χ2n) is 6.29. The fourth-order valence-electron chi connectivity index (χ4n) is 3.35. The monoisotopic (exact) mass is 479 g/mol. The molecule has 1 fully saturated rings. The number of rotatable bonds is 3. The van der Waals surface area contributed by atoms with Crippen LogP contribution in [-0.4, -0.2) is 38.6 Å². The van der Waals surface area contributed by atoms with Gasteiger partial charge in [-0.15, -0.1) is 12.4 Å². The van der Waals surface area contributed by atoms with Crippen LogP contribution in [0.3, 0.4) is 0 Å². The third-order valence-corrected chi connectivity index (χ3v) is 6.99. The van der Waals surface area contributed by atoms with Gasteiger partial charge in [-0.05, 0) is 36.4 Å².